The van der Waals surface area contributed by atoms with Gasteiger partial charge in [0, 0.05) is 27.6 Å². The highest BCUT2D eigenvalue weighted by Gasteiger charge is 2.40. The zero-order valence-electron chi connectivity index (χ0n) is 14.5. The average molecular weight is 511 g/mol. The molecule has 1 heterocycles. The monoisotopic (exact) mass is 509 g/mol. The Kier molecular flexibility index (Phi) is 6.73. The molecule has 2 aromatic carbocycles. The zero-order valence-corrected chi connectivity index (χ0v) is 18.5. The van der Waals surface area contributed by atoms with E-state index in [0.717, 1.165) is 14.6 Å². The molecule has 0 aromatic heterocycles. The Balaban J connectivity index is 1.74. The van der Waals surface area contributed by atoms with Crippen LogP contribution in [-0.2, 0) is 9.59 Å². The summed E-state index contributed by atoms with van der Waals surface area (Å²) in [7, 11) is 0. The van der Waals surface area contributed by atoms with Crippen molar-refractivity contribution in [2.24, 2.45) is 4.99 Å². The molecule has 2 aromatic rings. The standard InChI is InChI=1S/C19H17Br2N3O2S/c1-2-22-19(23-14-7-3-12(20)4-8-14)27-16-11-17(25)24(18(16)26)15-9-5-13(21)6-10-15/h3-10,16H,2,11H2,1H3,(H,22,23). The number of anilines is 2. The number of amidine groups is 1. The Morgan fingerprint density at radius 1 is 1.11 bits per heavy atom. The molecule has 2 amide bonds. The molecule has 1 atom stereocenters. The van der Waals surface area contributed by atoms with Crippen molar-refractivity contribution in [3.05, 3.63) is 57.5 Å². The summed E-state index contributed by atoms with van der Waals surface area (Å²) in [4.78, 5) is 31.0. The van der Waals surface area contributed by atoms with Crippen LogP contribution in [0, 0.1) is 0 Å². The highest BCUT2D eigenvalue weighted by molar-refractivity contribution is 9.10. The van der Waals surface area contributed by atoms with Crippen LogP contribution in [0.25, 0.3) is 0 Å². The highest BCUT2D eigenvalue weighted by atomic mass is 79.9. The molecule has 1 saturated heterocycles. The average Bonchev–Trinajstić information content (AvgIpc) is 2.92. The van der Waals surface area contributed by atoms with Crippen LogP contribution in [0.2, 0.25) is 0 Å². The van der Waals surface area contributed by atoms with Gasteiger partial charge in [-0.3, -0.25) is 14.6 Å². The second-order valence-electron chi connectivity index (χ2n) is 5.77. The Bertz CT molecular complexity index is 870. The first kappa shape index (κ1) is 20.1. The predicted octanol–water partition coefficient (Wildman–Crippen LogP) is 5.06. The van der Waals surface area contributed by atoms with Crippen LogP contribution in [0.5, 0.6) is 0 Å². The second-order valence-corrected chi connectivity index (χ2v) is 8.79. The van der Waals surface area contributed by atoms with Crippen LogP contribution in [0.15, 0.2) is 62.5 Å². The number of nitrogens with one attached hydrogen (secondary N) is 1. The third-order valence-electron chi connectivity index (χ3n) is 3.84. The number of amides is 2. The molecule has 0 saturated carbocycles. The number of aliphatic imine (C=N–C) groups is 1. The van der Waals surface area contributed by atoms with Gasteiger partial charge in [-0.05, 0) is 55.5 Å². The first-order chi connectivity index (χ1) is 13.0. The van der Waals surface area contributed by atoms with Crippen molar-refractivity contribution in [1.29, 1.82) is 0 Å². The van der Waals surface area contributed by atoms with Crippen molar-refractivity contribution >= 4 is 72.0 Å². The summed E-state index contributed by atoms with van der Waals surface area (Å²) in [6.07, 6.45) is 0.157. The Hall–Kier alpha value is -1.64. The lowest BCUT2D eigenvalue weighted by Crippen LogP contribution is -2.31. The van der Waals surface area contributed by atoms with Crippen LogP contribution in [0.1, 0.15) is 13.3 Å². The maximum absolute atomic E-state index is 12.8. The van der Waals surface area contributed by atoms with Gasteiger partial charge in [-0.1, -0.05) is 43.6 Å². The van der Waals surface area contributed by atoms with Gasteiger partial charge in [-0.15, -0.1) is 0 Å². The summed E-state index contributed by atoms with van der Waals surface area (Å²) in [6, 6.07) is 14.8. The van der Waals surface area contributed by atoms with Crippen molar-refractivity contribution in [1.82, 2.24) is 0 Å². The van der Waals surface area contributed by atoms with E-state index < -0.39 is 5.25 Å². The molecule has 5 nitrogen and oxygen atoms in total. The van der Waals surface area contributed by atoms with Gasteiger partial charge >= 0.3 is 0 Å². The topological polar surface area (TPSA) is 61.8 Å². The molecule has 1 aliphatic heterocycles. The molecule has 1 unspecified atom stereocenters. The maximum atomic E-state index is 12.8. The Morgan fingerprint density at radius 3 is 2.30 bits per heavy atom. The number of hydrogen-bond donors (Lipinski definition) is 1. The van der Waals surface area contributed by atoms with Gasteiger partial charge in [0.15, 0.2) is 5.17 Å². The van der Waals surface area contributed by atoms with E-state index >= 15 is 0 Å². The van der Waals surface area contributed by atoms with E-state index in [1.165, 1.54) is 16.7 Å². The zero-order chi connectivity index (χ0) is 19.4. The van der Waals surface area contributed by atoms with Crippen molar-refractivity contribution in [3.63, 3.8) is 0 Å². The largest absolute Gasteiger partial charge is 0.335 e. The van der Waals surface area contributed by atoms with Crippen molar-refractivity contribution in [2.45, 2.75) is 18.6 Å². The number of carbonyl (C=O) groups excluding carboxylic acids is 2. The van der Waals surface area contributed by atoms with Crippen LogP contribution in [0.4, 0.5) is 11.4 Å². The number of thioether (sulfide) groups is 1. The highest BCUT2D eigenvalue weighted by Crippen LogP contribution is 2.31. The minimum absolute atomic E-state index is 0.157. The van der Waals surface area contributed by atoms with Crippen LogP contribution < -0.4 is 10.2 Å². The van der Waals surface area contributed by atoms with E-state index in [2.05, 4.69) is 42.2 Å². The van der Waals surface area contributed by atoms with E-state index in [4.69, 9.17) is 0 Å². The fourth-order valence-electron chi connectivity index (χ4n) is 2.60. The number of rotatable bonds is 4. The number of carbonyl (C=O) groups is 2. The number of nitrogens with zero attached hydrogens (tertiary/aromatic N) is 2. The fraction of sp³-hybridized carbons (Fsp3) is 0.211. The summed E-state index contributed by atoms with van der Waals surface area (Å²) in [5, 5.41) is 3.37. The van der Waals surface area contributed by atoms with E-state index in [1.54, 1.807) is 12.1 Å². The number of benzene rings is 2. The van der Waals surface area contributed by atoms with E-state index in [0.29, 0.717) is 17.4 Å². The summed E-state index contributed by atoms with van der Waals surface area (Å²) in [5.41, 5.74) is 1.46. The smallest absolute Gasteiger partial charge is 0.247 e. The first-order valence-corrected chi connectivity index (χ1v) is 10.8. The molecule has 0 spiro atoms. The third-order valence-corrected chi connectivity index (χ3v) is 6.01. The molecule has 8 heteroatoms. The molecule has 0 radical (unpaired) electrons. The van der Waals surface area contributed by atoms with Crippen molar-refractivity contribution in [3.8, 4) is 0 Å². The molecule has 0 aliphatic carbocycles. The van der Waals surface area contributed by atoms with E-state index in [-0.39, 0.29) is 18.2 Å². The van der Waals surface area contributed by atoms with Gasteiger partial charge in [0.2, 0.25) is 11.8 Å². The Labute approximate surface area is 178 Å². The lowest BCUT2D eigenvalue weighted by Gasteiger charge is -2.16. The lowest BCUT2D eigenvalue weighted by molar-refractivity contribution is -0.121. The lowest BCUT2D eigenvalue weighted by atomic mass is 10.3. The first-order valence-electron chi connectivity index (χ1n) is 8.34. The minimum Gasteiger partial charge on any atom is -0.335 e. The molecule has 1 fully saturated rings. The summed E-state index contributed by atoms with van der Waals surface area (Å²) in [6.45, 7) is 2.51. The number of halogens is 2. The third kappa shape index (κ3) is 5.00. The second kappa shape index (κ2) is 9.03. The molecule has 1 aliphatic rings. The van der Waals surface area contributed by atoms with Gasteiger partial charge in [-0.2, -0.15) is 0 Å². The van der Waals surface area contributed by atoms with E-state index in [1.807, 2.05) is 43.3 Å². The van der Waals surface area contributed by atoms with Crippen LogP contribution in [0.3, 0.4) is 0 Å². The van der Waals surface area contributed by atoms with Crippen LogP contribution >= 0.6 is 43.6 Å². The van der Waals surface area contributed by atoms with E-state index in [9.17, 15) is 9.59 Å². The molecular formula is C19H17Br2N3O2S. The van der Waals surface area contributed by atoms with Gasteiger partial charge in [0.05, 0.1) is 5.69 Å². The molecule has 0 bridgehead atoms. The number of hydrogen-bond acceptors (Lipinski definition) is 4. The van der Waals surface area contributed by atoms with Gasteiger partial charge in [0.25, 0.3) is 0 Å². The summed E-state index contributed by atoms with van der Waals surface area (Å²) >= 11 is 8.07. The predicted molar refractivity (Wildman–Crippen MR) is 118 cm³/mol. The SMILES string of the molecule is CCN=C(Nc1ccc(Br)cc1)SC1CC(=O)N(c2ccc(Br)cc2)C1=O. The Morgan fingerprint density at radius 2 is 1.70 bits per heavy atom. The quantitative estimate of drug-likeness (QED) is 0.354. The molecule has 27 heavy (non-hydrogen) atoms. The molecular weight excluding hydrogens is 494 g/mol. The van der Waals surface area contributed by atoms with Gasteiger partial charge in [0.1, 0.15) is 5.25 Å². The van der Waals surface area contributed by atoms with Crippen molar-refractivity contribution in [2.75, 3.05) is 16.8 Å². The normalized spacial score (nSPS) is 17.5. The van der Waals surface area contributed by atoms with Crippen LogP contribution in [-0.4, -0.2) is 28.8 Å². The fourth-order valence-corrected chi connectivity index (χ4v) is 4.21. The maximum Gasteiger partial charge on any atom is 0.247 e. The summed E-state index contributed by atoms with van der Waals surface area (Å²) < 4.78 is 1.88. The molecule has 3 rings (SSSR count). The molecule has 140 valence electrons. The number of imide groups is 1. The van der Waals surface area contributed by atoms with Crippen molar-refractivity contribution < 1.29 is 9.59 Å². The molecule has 1 N–H and O–H groups in total. The minimum atomic E-state index is -0.491. The summed E-state index contributed by atoms with van der Waals surface area (Å²) in [5.74, 6) is -0.409. The van der Waals surface area contributed by atoms with Gasteiger partial charge in [-0.25, -0.2) is 4.90 Å². The van der Waals surface area contributed by atoms with Gasteiger partial charge < -0.3 is 5.32 Å².